The fraction of sp³-hybridized carbons (Fsp3) is 0. The van der Waals surface area contributed by atoms with Crippen molar-refractivity contribution >= 4 is 33.0 Å². The van der Waals surface area contributed by atoms with Crippen LogP contribution < -0.4 is 0 Å². The van der Waals surface area contributed by atoms with Crippen molar-refractivity contribution in [1.82, 2.24) is 9.97 Å². The average molecular weight is 269 g/mol. The number of pyridine rings is 1. The molecule has 0 saturated heterocycles. The predicted molar refractivity (Wildman–Crippen MR) is 57.5 cm³/mol. The molecule has 0 unspecified atom stereocenters. The molecule has 0 bridgehead atoms. The van der Waals surface area contributed by atoms with Crippen molar-refractivity contribution in [2.24, 2.45) is 0 Å². The van der Waals surface area contributed by atoms with E-state index in [1.807, 2.05) is 0 Å². The standard InChI is InChI=1S/C9H5BrN2OS/c10-9-12-7(5-14-9)8(13)6-3-1-2-4-11-6/h1-5H. The van der Waals surface area contributed by atoms with E-state index in [0.717, 1.165) is 0 Å². The second-order valence-electron chi connectivity index (χ2n) is 2.53. The fourth-order valence-corrected chi connectivity index (χ4v) is 1.98. The van der Waals surface area contributed by atoms with Gasteiger partial charge in [-0.05, 0) is 28.1 Å². The molecule has 0 aromatic carbocycles. The minimum atomic E-state index is -0.146. The first kappa shape index (κ1) is 9.48. The highest BCUT2D eigenvalue weighted by atomic mass is 79.9. The minimum Gasteiger partial charge on any atom is -0.285 e. The van der Waals surface area contributed by atoms with Crippen molar-refractivity contribution in [3.63, 3.8) is 0 Å². The molecule has 2 aromatic heterocycles. The number of nitrogens with zero attached hydrogens (tertiary/aromatic N) is 2. The molecule has 0 aliphatic carbocycles. The van der Waals surface area contributed by atoms with Gasteiger partial charge in [0.2, 0.25) is 5.78 Å². The number of thiazole rings is 1. The molecule has 5 heteroatoms. The molecule has 0 atom stereocenters. The second kappa shape index (κ2) is 3.98. The third-order valence-electron chi connectivity index (χ3n) is 1.61. The van der Waals surface area contributed by atoms with Gasteiger partial charge in [-0.3, -0.25) is 9.78 Å². The van der Waals surface area contributed by atoms with E-state index >= 15 is 0 Å². The van der Waals surface area contributed by atoms with Gasteiger partial charge in [-0.2, -0.15) is 0 Å². The Kier molecular flexibility index (Phi) is 2.69. The topological polar surface area (TPSA) is 42.9 Å². The Morgan fingerprint density at radius 1 is 1.36 bits per heavy atom. The van der Waals surface area contributed by atoms with Crippen LogP contribution in [0.4, 0.5) is 0 Å². The molecule has 3 nitrogen and oxygen atoms in total. The van der Waals surface area contributed by atoms with E-state index in [1.54, 1.807) is 29.8 Å². The Balaban J connectivity index is 2.34. The zero-order valence-corrected chi connectivity index (χ0v) is 9.38. The summed E-state index contributed by atoms with van der Waals surface area (Å²) in [5, 5.41) is 1.71. The molecule has 2 heterocycles. The Labute approximate surface area is 93.0 Å². The first-order chi connectivity index (χ1) is 6.77. The van der Waals surface area contributed by atoms with E-state index in [0.29, 0.717) is 15.3 Å². The normalized spacial score (nSPS) is 10.1. The van der Waals surface area contributed by atoms with Crippen LogP contribution in [-0.4, -0.2) is 15.8 Å². The van der Waals surface area contributed by atoms with Crippen LogP contribution in [0.5, 0.6) is 0 Å². The zero-order chi connectivity index (χ0) is 9.97. The van der Waals surface area contributed by atoms with Crippen LogP contribution in [0.2, 0.25) is 0 Å². The minimum absolute atomic E-state index is 0.146. The van der Waals surface area contributed by atoms with Crippen LogP contribution in [0.3, 0.4) is 0 Å². The number of rotatable bonds is 2. The molecule has 0 spiro atoms. The van der Waals surface area contributed by atoms with Gasteiger partial charge in [0.1, 0.15) is 11.4 Å². The number of aromatic nitrogens is 2. The summed E-state index contributed by atoms with van der Waals surface area (Å²) < 4.78 is 0.705. The van der Waals surface area contributed by atoms with Gasteiger partial charge in [0.05, 0.1) is 0 Å². The Morgan fingerprint density at radius 3 is 2.79 bits per heavy atom. The molecule has 0 saturated carbocycles. The summed E-state index contributed by atoms with van der Waals surface area (Å²) in [6.45, 7) is 0. The van der Waals surface area contributed by atoms with Crippen molar-refractivity contribution in [1.29, 1.82) is 0 Å². The number of carbonyl (C=O) groups is 1. The summed E-state index contributed by atoms with van der Waals surface area (Å²) in [7, 11) is 0. The lowest BCUT2D eigenvalue weighted by Crippen LogP contribution is -2.03. The summed E-state index contributed by atoms with van der Waals surface area (Å²) in [4.78, 5) is 19.7. The highest BCUT2D eigenvalue weighted by Gasteiger charge is 2.12. The monoisotopic (exact) mass is 268 g/mol. The first-order valence-corrected chi connectivity index (χ1v) is 5.51. The number of ketones is 1. The summed E-state index contributed by atoms with van der Waals surface area (Å²) in [6, 6.07) is 5.23. The maximum atomic E-state index is 11.7. The lowest BCUT2D eigenvalue weighted by molar-refractivity contribution is 0.103. The van der Waals surface area contributed by atoms with Crippen LogP contribution in [0.25, 0.3) is 0 Å². The maximum absolute atomic E-state index is 11.7. The molecular weight excluding hydrogens is 264 g/mol. The van der Waals surface area contributed by atoms with Crippen molar-refractivity contribution in [2.45, 2.75) is 0 Å². The van der Waals surface area contributed by atoms with Gasteiger partial charge in [0.15, 0.2) is 3.92 Å². The lowest BCUT2D eigenvalue weighted by atomic mass is 10.2. The van der Waals surface area contributed by atoms with Crippen molar-refractivity contribution in [3.05, 3.63) is 45.1 Å². The van der Waals surface area contributed by atoms with Gasteiger partial charge in [-0.1, -0.05) is 6.07 Å². The molecule has 2 rings (SSSR count). The van der Waals surface area contributed by atoms with E-state index in [-0.39, 0.29) is 5.78 Å². The second-order valence-corrected chi connectivity index (χ2v) is 4.66. The van der Waals surface area contributed by atoms with E-state index in [4.69, 9.17) is 0 Å². The summed E-state index contributed by atoms with van der Waals surface area (Å²) in [6.07, 6.45) is 1.59. The Hall–Kier alpha value is -1.07. The molecule has 0 radical (unpaired) electrons. The lowest BCUT2D eigenvalue weighted by Gasteiger charge is -1.93. The van der Waals surface area contributed by atoms with Crippen LogP contribution in [0.1, 0.15) is 16.2 Å². The van der Waals surface area contributed by atoms with E-state index in [1.165, 1.54) is 11.3 Å². The third kappa shape index (κ3) is 1.88. The molecular formula is C9H5BrN2OS. The smallest absolute Gasteiger partial charge is 0.230 e. The highest BCUT2D eigenvalue weighted by molar-refractivity contribution is 9.11. The van der Waals surface area contributed by atoms with Gasteiger partial charge < -0.3 is 0 Å². The largest absolute Gasteiger partial charge is 0.285 e. The summed E-state index contributed by atoms with van der Waals surface area (Å²) in [5.41, 5.74) is 0.853. The van der Waals surface area contributed by atoms with Gasteiger partial charge in [-0.25, -0.2) is 4.98 Å². The third-order valence-corrected chi connectivity index (χ3v) is 2.97. The number of hydrogen-bond donors (Lipinski definition) is 0. The quantitative estimate of drug-likeness (QED) is 0.787. The van der Waals surface area contributed by atoms with E-state index in [9.17, 15) is 4.79 Å². The molecule has 0 amide bonds. The average Bonchev–Trinajstić information content (AvgIpc) is 2.65. The molecule has 2 aromatic rings. The summed E-state index contributed by atoms with van der Waals surface area (Å²) >= 11 is 4.59. The van der Waals surface area contributed by atoms with Crippen molar-refractivity contribution in [2.75, 3.05) is 0 Å². The number of hydrogen-bond acceptors (Lipinski definition) is 4. The SMILES string of the molecule is O=C(c1ccccn1)c1csc(Br)n1. The van der Waals surface area contributed by atoms with Gasteiger partial charge in [-0.15, -0.1) is 11.3 Å². The van der Waals surface area contributed by atoms with Gasteiger partial charge in [0, 0.05) is 11.6 Å². The maximum Gasteiger partial charge on any atom is 0.230 e. The van der Waals surface area contributed by atoms with Crippen LogP contribution in [0, 0.1) is 0 Å². The Morgan fingerprint density at radius 2 is 2.21 bits per heavy atom. The zero-order valence-electron chi connectivity index (χ0n) is 6.98. The van der Waals surface area contributed by atoms with Crippen molar-refractivity contribution in [3.8, 4) is 0 Å². The Bertz CT molecular complexity index is 455. The molecule has 0 fully saturated rings. The van der Waals surface area contributed by atoms with Crippen LogP contribution >= 0.6 is 27.3 Å². The number of halogens is 1. The first-order valence-electron chi connectivity index (χ1n) is 3.84. The van der Waals surface area contributed by atoms with Gasteiger partial charge in [0.25, 0.3) is 0 Å². The molecule has 0 aliphatic heterocycles. The van der Waals surface area contributed by atoms with Crippen LogP contribution in [0.15, 0.2) is 33.7 Å². The fourth-order valence-electron chi connectivity index (χ4n) is 0.984. The summed E-state index contributed by atoms with van der Waals surface area (Å²) in [5.74, 6) is -0.146. The van der Waals surface area contributed by atoms with E-state index in [2.05, 4.69) is 25.9 Å². The molecule has 0 aliphatic rings. The predicted octanol–water partition coefficient (Wildman–Crippen LogP) is 2.53. The molecule has 70 valence electrons. The van der Waals surface area contributed by atoms with Crippen molar-refractivity contribution < 1.29 is 4.79 Å². The van der Waals surface area contributed by atoms with E-state index < -0.39 is 0 Å². The highest BCUT2D eigenvalue weighted by Crippen LogP contribution is 2.17. The molecule has 14 heavy (non-hydrogen) atoms. The molecule has 0 N–H and O–H groups in total. The van der Waals surface area contributed by atoms with Gasteiger partial charge >= 0.3 is 0 Å². The number of carbonyl (C=O) groups excluding carboxylic acids is 1. The van der Waals surface area contributed by atoms with Crippen LogP contribution in [-0.2, 0) is 0 Å².